The average Bonchev–Trinajstić information content (AvgIpc) is 2.78. The van der Waals surface area contributed by atoms with Crippen molar-refractivity contribution in [1.29, 1.82) is 0 Å². The van der Waals surface area contributed by atoms with Crippen LogP contribution in [0.25, 0.3) is 0 Å². The molecule has 18 heavy (non-hydrogen) atoms. The third kappa shape index (κ3) is 2.88. The Balaban J connectivity index is 1.95. The highest BCUT2D eigenvalue weighted by atomic mass is 16.2. The van der Waals surface area contributed by atoms with E-state index in [9.17, 15) is 9.59 Å². The van der Waals surface area contributed by atoms with E-state index in [-0.39, 0.29) is 17.7 Å². The summed E-state index contributed by atoms with van der Waals surface area (Å²) in [6, 6.07) is 8.12. The van der Waals surface area contributed by atoms with E-state index in [1.54, 1.807) is 11.9 Å². The van der Waals surface area contributed by atoms with Gasteiger partial charge in [-0.2, -0.15) is 0 Å². The van der Waals surface area contributed by atoms with E-state index in [0.717, 1.165) is 5.56 Å². The van der Waals surface area contributed by atoms with Crippen molar-refractivity contribution in [3.8, 4) is 0 Å². The zero-order chi connectivity index (χ0) is 13.1. The molecule has 1 unspecified atom stereocenters. The SMILES string of the molecule is Cc1ccc(CN(C)C(=O)C2CNC(=O)C2)cc1. The maximum absolute atomic E-state index is 12.1. The molecule has 2 rings (SSSR count). The molecule has 0 saturated carbocycles. The molecule has 0 aromatic heterocycles. The first-order valence-corrected chi connectivity index (χ1v) is 6.13. The van der Waals surface area contributed by atoms with Crippen molar-refractivity contribution in [2.75, 3.05) is 13.6 Å². The predicted molar refractivity (Wildman–Crippen MR) is 68.8 cm³/mol. The minimum absolute atomic E-state index is 0.0305. The second-order valence-corrected chi connectivity index (χ2v) is 4.89. The predicted octanol–water partition coefficient (Wildman–Crippen LogP) is 1.09. The molecule has 1 aliphatic heterocycles. The minimum atomic E-state index is -0.201. The summed E-state index contributed by atoms with van der Waals surface area (Å²) in [6.45, 7) is 3.09. The van der Waals surface area contributed by atoms with Gasteiger partial charge in [0, 0.05) is 26.6 Å². The van der Waals surface area contributed by atoms with Crippen molar-refractivity contribution in [3.63, 3.8) is 0 Å². The van der Waals surface area contributed by atoms with Gasteiger partial charge in [-0.15, -0.1) is 0 Å². The lowest BCUT2D eigenvalue weighted by molar-refractivity contribution is -0.135. The second-order valence-electron chi connectivity index (χ2n) is 4.89. The highest BCUT2D eigenvalue weighted by molar-refractivity contribution is 5.89. The van der Waals surface area contributed by atoms with Crippen LogP contribution in [0.3, 0.4) is 0 Å². The summed E-state index contributed by atoms with van der Waals surface area (Å²) in [6.07, 6.45) is 0.317. The smallest absolute Gasteiger partial charge is 0.228 e. The monoisotopic (exact) mass is 246 g/mol. The number of carbonyl (C=O) groups is 2. The first kappa shape index (κ1) is 12.6. The zero-order valence-corrected chi connectivity index (χ0v) is 10.8. The van der Waals surface area contributed by atoms with Crippen LogP contribution < -0.4 is 5.32 Å². The van der Waals surface area contributed by atoms with Crippen LogP contribution in [0.5, 0.6) is 0 Å². The Labute approximate surface area is 107 Å². The van der Waals surface area contributed by atoms with Gasteiger partial charge in [0.25, 0.3) is 0 Å². The molecule has 1 N–H and O–H groups in total. The standard InChI is InChI=1S/C14H18N2O2/c1-10-3-5-11(6-4-10)9-16(2)14(18)12-7-13(17)15-8-12/h3-6,12H,7-9H2,1-2H3,(H,15,17). The largest absolute Gasteiger partial charge is 0.355 e. The van der Waals surface area contributed by atoms with Crippen LogP contribution in [0, 0.1) is 12.8 Å². The minimum Gasteiger partial charge on any atom is -0.355 e. The fraction of sp³-hybridized carbons (Fsp3) is 0.429. The number of amides is 2. The highest BCUT2D eigenvalue weighted by Gasteiger charge is 2.29. The van der Waals surface area contributed by atoms with Crippen molar-refractivity contribution in [2.45, 2.75) is 19.9 Å². The summed E-state index contributed by atoms with van der Waals surface area (Å²) in [7, 11) is 1.78. The van der Waals surface area contributed by atoms with Crippen LogP contribution in [0.15, 0.2) is 24.3 Å². The fourth-order valence-electron chi connectivity index (χ4n) is 2.14. The number of nitrogens with one attached hydrogen (secondary N) is 1. The quantitative estimate of drug-likeness (QED) is 0.868. The van der Waals surface area contributed by atoms with Crippen LogP contribution >= 0.6 is 0 Å². The first-order valence-electron chi connectivity index (χ1n) is 6.13. The van der Waals surface area contributed by atoms with Gasteiger partial charge in [0.15, 0.2) is 0 Å². The molecule has 96 valence electrons. The lowest BCUT2D eigenvalue weighted by Crippen LogP contribution is -2.33. The Hall–Kier alpha value is -1.84. The summed E-state index contributed by atoms with van der Waals surface area (Å²) in [5.41, 5.74) is 2.31. The number of rotatable bonds is 3. The Morgan fingerprint density at radius 1 is 1.39 bits per heavy atom. The lowest BCUT2D eigenvalue weighted by atomic mass is 10.1. The Bertz CT molecular complexity index is 453. The third-order valence-corrected chi connectivity index (χ3v) is 3.24. The first-order chi connectivity index (χ1) is 8.56. The van der Waals surface area contributed by atoms with E-state index in [0.29, 0.717) is 19.5 Å². The van der Waals surface area contributed by atoms with Crippen molar-refractivity contribution >= 4 is 11.8 Å². The fourth-order valence-corrected chi connectivity index (χ4v) is 2.14. The van der Waals surface area contributed by atoms with Crippen LogP contribution in [0.2, 0.25) is 0 Å². The number of carbonyl (C=O) groups excluding carboxylic acids is 2. The van der Waals surface area contributed by atoms with Crippen molar-refractivity contribution in [1.82, 2.24) is 10.2 Å². The van der Waals surface area contributed by atoms with Gasteiger partial charge in [-0.1, -0.05) is 29.8 Å². The van der Waals surface area contributed by atoms with Gasteiger partial charge in [-0.05, 0) is 12.5 Å². The van der Waals surface area contributed by atoms with Crippen molar-refractivity contribution < 1.29 is 9.59 Å². The van der Waals surface area contributed by atoms with E-state index >= 15 is 0 Å². The molecule has 0 radical (unpaired) electrons. The molecule has 1 fully saturated rings. The summed E-state index contributed by atoms with van der Waals surface area (Å²) >= 11 is 0. The number of hydrogen-bond acceptors (Lipinski definition) is 2. The molecule has 1 heterocycles. The van der Waals surface area contributed by atoms with Crippen LogP contribution in [-0.2, 0) is 16.1 Å². The van der Waals surface area contributed by atoms with E-state index in [2.05, 4.69) is 5.32 Å². The summed E-state index contributed by atoms with van der Waals surface area (Å²) < 4.78 is 0. The van der Waals surface area contributed by atoms with Crippen LogP contribution in [-0.4, -0.2) is 30.3 Å². The van der Waals surface area contributed by atoms with Gasteiger partial charge >= 0.3 is 0 Å². The molecule has 0 aliphatic carbocycles. The maximum atomic E-state index is 12.1. The Morgan fingerprint density at radius 2 is 2.06 bits per heavy atom. The second kappa shape index (κ2) is 5.21. The van der Waals surface area contributed by atoms with Gasteiger partial charge in [-0.25, -0.2) is 0 Å². The molecule has 1 atom stereocenters. The number of nitrogens with zero attached hydrogens (tertiary/aromatic N) is 1. The van der Waals surface area contributed by atoms with Gasteiger partial charge in [0.1, 0.15) is 0 Å². The average molecular weight is 246 g/mol. The number of hydrogen-bond donors (Lipinski definition) is 1. The molecule has 1 aromatic rings. The molecule has 0 bridgehead atoms. The van der Waals surface area contributed by atoms with Gasteiger partial charge in [0.05, 0.1) is 5.92 Å². The molecule has 1 aliphatic rings. The lowest BCUT2D eigenvalue weighted by Gasteiger charge is -2.20. The number of benzene rings is 1. The van der Waals surface area contributed by atoms with Crippen LogP contribution in [0.4, 0.5) is 0 Å². The topological polar surface area (TPSA) is 49.4 Å². The molecule has 4 nitrogen and oxygen atoms in total. The Kier molecular flexibility index (Phi) is 3.65. The molecular weight excluding hydrogens is 228 g/mol. The normalized spacial score (nSPS) is 18.6. The maximum Gasteiger partial charge on any atom is 0.228 e. The summed E-state index contributed by atoms with van der Waals surface area (Å²) in [4.78, 5) is 24.9. The third-order valence-electron chi connectivity index (χ3n) is 3.24. The molecule has 1 aromatic carbocycles. The van der Waals surface area contributed by atoms with E-state index in [4.69, 9.17) is 0 Å². The summed E-state index contributed by atoms with van der Waals surface area (Å²) in [5, 5.41) is 2.69. The zero-order valence-electron chi connectivity index (χ0n) is 10.8. The highest BCUT2D eigenvalue weighted by Crippen LogP contribution is 2.14. The summed E-state index contributed by atoms with van der Waals surface area (Å²) in [5.74, 6) is -0.195. The Morgan fingerprint density at radius 3 is 2.61 bits per heavy atom. The van der Waals surface area contributed by atoms with Crippen LogP contribution in [0.1, 0.15) is 17.5 Å². The van der Waals surface area contributed by atoms with Gasteiger partial charge < -0.3 is 10.2 Å². The molecular formula is C14H18N2O2. The van der Waals surface area contributed by atoms with E-state index in [1.807, 2.05) is 31.2 Å². The molecule has 1 saturated heterocycles. The van der Waals surface area contributed by atoms with Gasteiger partial charge in [0.2, 0.25) is 11.8 Å². The van der Waals surface area contributed by atoms with E-state index < -0.39 is 0 Å². The van der Waals surface area contributed by atoms with E-state index in [1.165, 1.54) is 5.56 Å². The number of aryl methyl sites for hydroxylation is 1. The van der Waals surface area contributed by atoms with Crippen molar-refractivity contribution in [3.05, 3.63) is 35.4 Å². The van der Waals surface area contributed by atoms with Crippen molar-refractivity contribution in [2.24, 2.45) is 5.92 Å². The molecule has 4 heteroatoms. The molecule has 0 spiro atoms. The molecule has 2 amide bonds. The van der Waals surface area contributed by atoms with Gasteiger partial charge in [-0.3, -0.25) is 9.59 Å².